The summed E-state index contributed by atoms with van der Waals surface area (Å²) >= 11 is 1.62. The van der Waals surface area contributed by atoms with Gasteiger partial charge in [0, 0.05) is 19.6 Å². The molecule has 6 nitrogen and oxygen atoms in total. The summed E-state index contributed by atoms with van der Waals surface area (Å²) in [5.41, 5.74) is 0.166. The number of carbonyl (C=O) groups is 1. The van der Waals surface area contributed by atoms with Gasteiger partial charge in [0.05, 0.1) is 0 Å². The molecule has 0 aliphatic carbocycles. The van der Waals surface area contributed by atoms with E-state index >= 15 is 0 Å². The second-order valence-electron chi connectivity index (χ2n) is 5.57. The van der Waals surface area contributed by atoms with Gasteiger partial charge in [0.15, 0.2) is 0 Å². The van der Waals surface area contributed by atoms with Crippen LogP contribution in [-0.2, 0) is 4.79 Å². The molecule has 1 aromatic rings. The van der Waals surface area contributed by atoms with Crippen LogP contribution >= 0.6 is 11.3 Å². The smallest absolute Gasteiger partial charge is 0.320 e. The van der Waals surface area contributed by atoms with E-state index in [0.717, 1.165) is 49.0 Å². The van der Waals surface area contributed by atoms with Crippen molar-refractivity contribution < 1.29 is 9.90 Å². The average molecular weight is 282 g/mol. The van der Waals surface area contributed by atoms with E-state index in [1.54, 1.807) is 11.3 Å². The molecule has 2 N–H and O–H groups in total. The molecule has 2 aliphatic rings. The fraction of sp³-hybridized carbons (Fsp3) is 0.750. The molecule has 2 fully saturated rings. The Hall–Kier alpha value is -1.21. The molecule has 0 saturated carbocycles. The van der Waals surface area contributed by atoms with Crippen LogP contribution in [0.15, 0.2) is 0 Å². The highest BCUT2D eigenvalue weighted by Gasteiger charge is 2.43. The lowest BCUT2D eigenvalue weighted by Crippen LogP contribution is -2.41. The summed E-state index contributed by atoms with van der Waals surface area (Å²) in [6.45, 7) is 4.68. The van der Waals surface area contributed by atoms with Gasteiger partial charge in [0.2, 0.25) is 5.13 Å². The SMILES string of the molecule is Cc1nnc(N2CCC3(CC2)CN[C@H](C(=O)O)C3)s1. The number of anilines is 1. The van der Waals surface area contributed by atoms with Crippen LogP contribution < -0.4 is 10.2 Å². The minimum atomic E-state index is -0.723. The minimum Gasteiger partial charge on any atom is -0.480 e. The molecule has 7 heteroatoms. The van der Waals surface area contributed by atoms with Crippen LogP contribution in [-0.4, -0.2) is 46.9 Å². The van der Waals surface area contributed by atoms with Crippen molar-refractivity contribution in [2.24, 2.45) is 5.41 Å². The predicted octanol–water partition coefficient (Wildman–Crippen LogP) is 0.880. The second kappa shape index (κ2) is 4.72. The van der Waals surface area contributed by atoms with E-state index < -0.39 is 5.97 Å². The van der Waals surface area contributed by atoms with Crippen molar-refractivity contribution >= 4 is 22.4 Å². The Bertz CT molecular complexity index is 482. The van der Waals surface area contributed by atoms with Crippen LogP contribution in [0, 0.1) is 12.3 Å². The fourth-order valence-corrected chi connectivity index (χ4v) is 3.80. The molecule has 1 spiro atoms. The number of aryl methyl sites for hydroxylation is 1. The van der Waals surface area contributed by atoms with Gasteiger partial charge in [-0.15, -0.1) is 10.2 Å². The first kappa shape index (κ1) is 12.8. The predicted molar refractivity (Wildman–Crippen MR) is 72.6 cm³/mol. The lowest BCUT2D eigenvalue weighted by Gasteiger charge is -2.38. The summed E-state index contributed by atoms with van der Waals surface area (Å²) < 4.78 is 0. The van der Waals surface area contributed by atoms with Gasteiger partial charge in [0.25, 0.3) is 0 Å². The van der Waals surface area contributed by atoms with E-state index in [9.17, 15) is 4.79 Å². The summed E-state index contributed by atoms with van der Waals surface area (Å²) in [6.07, 6.45) is 2.82. The molecule has 1 atom stereocenters. The van der Waals surface area contributed by atoms with E-state index in [1.807, 2.05) is 6.92 Å². The molecular weight excluding hydrogens is 264 g/mol. The maximum absolute atomic E-state index is 11.0. The van der Waals surface area contributed by atoms with Crippen molar-refractivity contribution in [1.82, 2.24) is 15.5 Å². The molecule has 3 rings (SSSR count). The van der Waals surface area contributed by atoms with Crippen molar-refractivity contribution in [1.29, 1.82) is 0 Å². The zero-order chi connectivity index (χ0) is 13.5. The van der Waals surface area contributed by atoms with Crippen LogP contribution in [0.4, 0.5) is 5.13 Å². The molecule has 104 valence electrons. The van der Waals surface area contributed by atoms with Crippen molar-refractivity contribution in [3.05, 3.63) is 5.01 Å². The second-order valence-corrected chi connectivity index (χ2v) is 6.73. The molecule has 0 bridgehead atoms. The Morgan fingerprint density at radius 2 is 2.21 bits per heavy atom. The molecule has 0 aromatic carbocycles. The number of aromatic nitrogens is 2. The Morgan fingerprint density at radius 1 is 1.47 bits per heavy atom. The standard InChI is InChI=1S/C12H18N4O2S/c1-8-14-15-11(19-8)16-4-2-12(3-5-16)6-9(10(17)18)13-7-12/h9,13H,2-7H2,1H3,(H,17,18)/t9-/m0/s1. The van der Waals surface area contributed by atoms with Gasteiger partial charge in [0.1, 0.15) is 11.0 Å². The third-order valence-electron chi connectivity index (χ3n) is 4.27. The molecule has 2 saturated heterocycles. The molecule has 0 amide bonds. The highest BCUT2D eigenvalue weighted by Crippen LogP contribution is 2.40. The van der Waals surface area contributed by atoms with Gasteiger partial charge in [-0.3, -0.25) is 4.79 Å². The van der Waals surface area contributed by atoms with Crippen molar-refractivity contribution in [3.63, 3.8) is 0 Å². The minimum absolute atomic E-state index is 0.166. The van der Waals surface area contributed by atoms with E-state index in [0.29, 0.717) is 0 Å². The molecule has 0 radical (unpaired) electrons. The summed E-state index contributed by atoms with van der Waals surface area (Å²) in [4.78, 5) is 13.3. The Balaban J connectivity index is 1.62. The lowest BCUT2D eigenvalue weighted by atomic mass is 9.77. The number of hydrogen-bond acceptors (Lipinski definition) is 6. The van der Waals surface area contributed by atoms with E-state index in [2.05, 4.69) is 20.4 Å². The molecule has 1 aromatic heterocycles. The van der Waals surface area contributed by atoms with Crippen molar-refractivity contribution in [2.75, 3.05) is 24.5 Å². The monoisotopic (exact) mass is 282 g/mol. The maximum Gasteiger partial charge on any atom is 0.320 e. The van der Waals surface area contributed by atoms with Crippen LogP contribution in [0.25, 0.3) is 0 Å². The van der Waals surface area contributed by atoms with E-state index in [4.69, 9.17) is 5.11 Å². The largest absolute Gasteiger partial charge is 0.480 e. The van der Waals surface area contributed by atoms with Gasteiger partial charge in [-0.1, -0.05) is 11.3 Å². The van der Waals surface area contributed by atoms with Gasteiger partial charge in [-0.2, -0.15) is 0 Å². The Kier molecular flexibility index (Phi) is 3.18. The summed E-state index contributed by atoms with van der Waals surface area (Å²) in [6, 6.07) is -0.365. The number of aliphatic carboxylic acids is 1. The van der Waals surface area contributed by atoms with Gasteiger partial charge >= 0.3 is 5.97 Å². The molecule has 2 aliphatic heterocycles. The number of rotatable bonds is 2. The molecule has 0 unspecified atom stereocenters. The Morgan fingerprint density at radius 3 is 2.74 bits per heavy atom. The van der Waals surface area contributed by atoms with Gasteiger partial charge < -0.3 is 15.3 Å². The van der Waals surface area contributed by atoms with Crippen LogP contribution in [0.3, 0.4) is 0 Å². The normalized spacial score (nSPS) is 25.9. The first-order valence-corrected chi connectivity index (χ1v) is 7.41. The van der Waals surface area contributed by atoms with Gasteiger partial charge in [-0.25, -0.2) is 0 Å². The van der Waals surface area contributed by atoms with E-state index in [-0.39, 0.29) is 11.5 Å². The van der Waals surface area contributed by atoms with Gasteiger partial charge in [-0.05, 0) is 31.6 Å². The van der Waals surface area contributed by atoms with Crippen LogP contribution in [0.1, 0.15) is 24.3 Å². The zero-order valence-electron chi connectivity index (χ0n) is 10.9. The number of carboxylic acid groups (broad SMARTS) is 1. The van der Waals surface area contributed by atoms with Crippen LogP contribution in [0.2, 0.25) is 0 Å². The van der Waals surface area contributed by atoms with E-state index in [1.165, 1.54) is 0 Å². The topological polar surface area (TPSA) is 78.4 Å². The number of carboxylic acids is 1. The zero-order valence-corrected chi connectivity index (χ0v) is 11.7. The average Bonchev–Trinajstić information content (AvgIpc) is 2.98. The number of nitrogens with zero attached hydrogens (tertiary/aromatic N) is 3. The maximum atomic E-state index is 11.0. The molecule has 3 heterocycles. The highest BCUT2D eigenvalue weighted by molar-refractivity contribution is 7.15. The first-order chi connectivity index (χ1) is 9.08. The third kappa shape index (κ3) is 2.44. The third-order valence-corrected chi connectivity index (χ3v) is 5.17. The van der Waals surface area contributed by atoms with Crippen molar-refractivity contribution in [2.45, 2.75) is 32.2 Å². The first-order valence-electron chi connectivity index (χ1n) is 6.59. The molecule has 19 heavy (non-hydrogen) atoms. The quantitative estimate of drug-likeness (QED) is 0.838. The highest BCUT2D eigenvalue weighted by atomic mass is 32.1. The number of nitrogens with one attached hydrogen (secondary N) is 1. The summed E-state index contributed by atoms with van der Waals surface area (Å²) in [5, 5.41) is 22.4. The molecular formula is C12H18N4O2S. The van der Waals surface area contributed by atoms with Crippen LogP contribution in [0.5, 0.6) is 0 Å². The lowest BCUT2D eigenvalue weighted by molar-refractivity contribution is -0.139. The number of hydrogen-bond donors (Lipinski definition) is 2. The summed E-state index contributed by atoms with van der Waals surface area (Å²) in [5.74, 6) is -0.723. The van der Waals surface area contributed by atoms with Crippen molar-refractivity contribution in [3.8, 4) is 0 Å². The fourth-order valence-electron chi connectivity index (χ4n) is 3.06. The Labute approximate surface area is 115 Å². The summed E-state index contributed by atoms with van der Waals surface area (Å²) in [7, 11) is 0. The number of piperidine rings is 1.